The third-order valence-corrected chi connectivity index (χ3v) is 4.55. The number of amides is 3. The molecular weight excluding hydrogens is 398 g/mol. The van der Waals surface area contributed by atoms with Gasteiger partial charge >= 0.3 is 12.0 Å². The molecule has 1 atom stereocenters. The zero-order valence-corrected chi connectivity index (χ0v) is 17.5. The Labute approximate surface area is 179 Å². The minimum Gasteiger partial charge on any atom is -0.497 e. The first-order valence-electron chi connectivity index (χ1n) is 9.76. The molecule has 3 rings (SSSR count). The number of urea groups is 1. The Morgan fingerprint density at radius 3 is 2.45 bits per heavy atom. The Morgan fingerprint density at radius 1 is 1.06 bits per heavy atom. The molecule has 1 aromatic heterocycles. The topological polar surface area (TPSA) is 107 Å². The summed E-state index contributed by atoms with van der Waals surface area (Å²) in [6.07, 6.45) is -1.16. The number of ether oxygens (including phenoxy) is 2. The summed E-state index contributed by atoms with van der Waals surface area (Å²) in [6, 6.07) is 15.4. The number of aromatic nitrogens is 1. The van der Waals surface area contributed by atoms with Crippen LogP contribution in [-0.2, 0) is 9.53 Å². The number of methoxy groups -OCH3 is 1. The lowest BCUT2D eigenvalue weighted by Gasteiger charge is -2.15. The van der Waals surface area contributed by atoms with Crippen LogP contribution in [-0.4, -0.2) is 42.7 Å². The van der Waals surface area contributed by atoms with Crippen molar-refractivity contribution in [2.75, 3.05) is 13.7 Å². The van der Waals surface area contributed by atoms with Crippen LogP contribution in [0, 0.1) is 0 Å². The van der Waals surface area contributed by atoms with E-state index in [-0.39, 0.29) is 5.56 Å². The first-order chi connectivity index (χ1) is 14.9. The van der Waals surface area contributed by atoms with E-state index in [0.29, 0.717) is 28.9 Å². The van der Waals surface area contributed by atoms with Crippen LogP contribution in [0.5, 0.6) is 5.75 Å². The number of hydrogen-bond acceptors (Lipinski definition) is 6. The van der Waals surface area contributed by atoms with Crippen LogP contribution in [0.3, 0.4) is 0 Å². The molecule has 0 saturated carbocycles. The first kappa shape index (κ1) is 21.8. The molecule has 0 saturated heterocycles. The summed E-state index contributed by atoms with van der Waals surface area (Å²) < 4.78 is 10.5. The Hall–Kier alpha value is -3.94. The van der Waals surface area contributed by atoms with Crippen molar-refractivity contribution in [3.8, 4) is 17.0 Å². The normalized spacial score (nSPS) is 11.5. The van der Waals surface area contributed by atoms with Gasteiger partial charge in [-0.05, 0) is 50.2 Å². The molecule has 2 aromatic carbocycles. The molecule has 3 amide bonds. The maximum absolute atomic E-state index is 12.9. The highest BCUT2D eigenvalue weighted by molar-refractivity contribution is 6.06. The largest absolute Gasteiger partial charge is 0.497 e. The second-order valence-corrected chi connectivity index (χ2v) is 6.70. The van der Waals surface area contributed by atoms with Gasteiger partial charge in [0.2, 0.25) is 0 Å². The number of para-hydroxylation sites is 1. The quantitative estimate of drug-likeness (QED) is 0.592. The number of fused-ring (bicyclic) bond motifs is 1. The third-order valence-electron chi connectivity index (χ3n) is 4.55. The molecule has 8 nitrogen and oxygen atoms in total. The molecule has 1 heterocycles. The molecule has 0 spiro atoms. The number of rotatable bonds is 6. The summed E-state index contributed by atoms with van der Waals surface area (Å²) in [7, 11) is 1.58. The number of carbonyl (C=O) groups is 3. The van der Waals surface area contributed by atoms with E-state index in [1.165, 1.54) is 6.92 Å². The third kappa shape index (κ3) is 5.16. The van der Waals surface area contributed by atoms with Gasteiger partial charge in [-0.3, -0.25) is 10.1 Å². The minimum absolute atomic E-state index is 0.272. The molecule has 8 heteroatoms. The number of benzene rings is 2. The molecule has 0 aliphatic rings. The van der Waals surface area contributed by atoms with Crippen LogP contribution in [0.2, 0.25) is 0 Å². The molecule has 0 radical (unpaired) electrons. The number of nitrogens with zero attached hydrogens (tertiary/aromatic N) is 1. The van der Waals surface area contributed by atoms with Gasteiger partial charge in [0.25, 0.3) is 5.91 Å². The number of nitrogens with one attached hydrogen (secondary N) is 2. The summed E-state index contributed by atoms with van der Waals surface area (Å²) in [5.41, 5.74) is 2.26. The van der Waals surface area contributed by atoms with Crippen molar-refractivity contribution in [3.63, 3.8) is 0 Å². The summed E-state index contributed by atoms with van der Waals surface area (Å²) >= 11 is 0. The van der Waals surface area contributed by atoms with Crippen molar-refractivity contribution in [2.45, 2.75) is 20.0 Å². The Kier molecular flexibility index (Phi) is 6.81. The van der Waals surface area contributed by atoms with E-state index < -0.39 is 24.0 Å². The number of imide groups is 1. The standard InChI is InChI=1S/C23H23N3O5/c1-4-24-23(29)26-21(27)14(2)31-22(28)18-13-20(15-9-11-16(30-3)12-10-15)25-19-8-6-5-7-17(18)19/h5-14H,4H2,1-3H3,(H2,24,26,27,29)/t14-/m0/s1. The van der Waals surface area contributed by atoms with E-state index in [1.54, 1.807) is 50.4 Å². The highest BCUT2D eigenvalue weighted by Crippen LogP contribution is 2.27. The zero-order chi connectivity index (χ0) is 22.4. The highest BCUT2D eigenvalue weighted by Gasteiger charge is 2.22. The van der Waals surface area contributed by atoms with Gasteiger partial charge in [0, 0.05) is 17.5 Å². The molecule has 0 unspecified atom stereocenters. The number of hydrogen-bond donors (Lipinski definition) is 2. The fraction of sp³-hybridized carbons (Fsp3) is 0.217. The van der Waals surface area contributed by atoms with E-state index in [2.05, 4.69) is 15.6 Å². The predicted molar refractivity (Wildman–Crippen MR) is 116 cm³/mol. The number of pyridine rings is 1. The van der Waals surface area contributed by atoms with E-state index >= 15 is 0 Å². The molecule has 31 heavy (non-hydrogen) atoms. The molecule has 0 fully saturated rings. The minimum atomic E-state index is -1.16. The van der Waals surface area contributed by atoms with Crippen molar-refractivity contribution in [1.29, 1.82) is 0 Å². The van der Waals surface area contributed by atoms with Crippen molar-refractivity contribution < 1.29 is 23.9 Å². The molecule has 160 valence electrons. The molecule has 3 aromatic rings. The van der Waals surface area contributed by atoms with Crippen LogP contribution in [0.4, 0.5) is 4.79 Å². The van der Waals surface area contributed by atoms with Crippen molar-refractivity contribution >= 4 is 28.8 Å². The predicted octanol–water partition coefficient (Wildman–Crippen LogP) is 3.30. The molecule has 0 bridgehead atoms. The van der Waals surface area contributed by atoms with Crippen molar-refractivity contribution in [3.05, 3.63) is 60.2 Å². The maximum atomic E-state index is 12.9. The van der Waals surface area contributed by atoms with Crippen LogP contribution >= 0.6 is 0 Å². The monoisotopic (exact) mass is 421 g/mol. The van der Waals surface area contributed by atoms with Gasteiger partial charge in [0.05, 0.1) is 23.9 Å². The van der Waals surface area contributed by atoms with Crippen molar-refractivity contribution in [2.24, 2.45) is 0 Å². The van der Waals surface area contributed by atoms with E-state index in [9.17, 15) is 14.4 Å². The smallest absolute Gasteiger partial charge is 0.339 e. The van der Waals surface area contributed by atoms with Gasteiger partial charge in [0.1, 0.15) is 5.75 Å². The van der Waals surface area contributed by atoms with Gasteiger partial charge in [-0.25, -0.2) is 14.6 Å². The van der Waals surface area contributed by atoms with Crippen LogP contribution < -0.4 is 15.4 Å². The molecular formula is C23H23N3O5. The van der Waals surface area contributed by atoms with Gasteiger partial charge < -0.3 is 14.8 Å². The number of carbonyl (C=O) groups excluding carboxylic acids is 3. The number of esters is 1. The fourth-order valence-electron chi connectivity index (χ4n) is 2.95. The van der Waals surface area contributed by atoms with E-state index in [4.69, 9.17) is 9.47 Å². The first-order valence-corrected chi connectivity index (χ1v) is 9.76. The van der Waals surface area contributed by atoms with Gasteiger partial charge in [-0.15, -0.1) is 0 Å². The van der Waals surface area contributed by atoms with E-state index in [1.807, 2.05) is 18.2 Å². The summed E-state index contributed by atoms with van der Waals surface area (Å²) in [6.45, 7) is 3.49. The summed E-state index contributed by atoms with van der Waals surface area (Å²) in [5, 5.41) is 5.18. The van der Waals surface area contributed by atoms with Gasteiger partial charge in [-0.2, -0.15) is 0 Å². The maximum Gasteiger partial charge on any atom is 0.339 e. The van der Waals surface area contributed by atoms with Crippen LogP contribution in [0.1, 0.15) is 24.2 Å². The molecule has 0 aliphatic heterocycles. The lowest BCUT2D eigenvalue weighted by Crippen LogP contribution is -2.44. The average Bonchev–Trinajstić information content (AvgIpc) is 2.78. The van der Waals surface area contributed by atoms with E-state index in [0.717, 1.165) is 5.56 Å². The van der Waals surface area contributed by atoms with Gasteiger partial charge in [0.15, 0.2) is 6.10 Å². The molecule has 2 N–H and O–H groups in total. The Bertz CT molecular complexity index is 1110. The van der Waals surface area contributed by atoms with Gasteiger partial charge in [-0.1, -0.05) is 18.2 Å². The SMILES string of the molecule is CCNC(=O)NC(=O)[C@H](C)OC(=O)c1cc(-c2ccc(OC)cc2)nc2ccccc12. The zero-order valence-electron chi connectivity index (χ0n) is 17.5. The second kappa shape index (κ2) is 9.71. The van der Waals surface area contributed by atoms with Crippen molar-refractivity contribution in [1.82, 2.24) is 15.6 Å². The lowest BCUT2D eigenvalue weighted by molar-refractivity contribution is -0.127. The van der Waals surface area contributed by atoms with Crippen LogP contribution in [0.15, 0.2) is 54.6 Å². The molecule has 0 aliphatic carbocycles. The van der Waals surface area contributed by atoms with Crippen LogP contribution in [0.25, 0.3) is 22.2 Å². The Balaban J connectivity index is 1.90. The summed E-state index contributed by atoms with van der Waals surface area (Å²) in [5.74, 6) is -0.698. The highest BCUT2D eigenvalue weighted by atomic mass is 16.5. The second-order valence-electron chi connectivity index (χ2n) is 6.70. The lowest BCUT2D eigenvalue weighted by atomic mass is 10.0. The Morgan fingerprint density at radius 2 is 1.77 bits per heavy atom. The fourth-order valence-corrected chi connectivity index (χ4v) is 2.95. The average molecular weight is 421 g/mol. The summed E-state index contributed by atoms with van der Waals surface area (Å²) in [4.78, 5) is 41.2.